The van der Waals surface area contributed by atoms with Gasteiger partial charge in [0.15, 0.2) is 22.9 Å². The van der Waals surface area contributed by atoms with Gasteiger partial charge in [-0.1, -0.05) is 77.8 Å². The molecule has 4 aromatic heterocycles. The number of aromatic hydroxyl groups is 2. The predicted molar refractivity (Wildman–Crippen MR) is 207 cm³/mol. The summed E-state index contributed by atoms with van der Waals surface area (Å²) in [4.78, 5) is 41.9. The van der Waals surface area contributed by atoms with E-state index in [4.69, 9.17) is 23.2 Å². The van der Waals surface area contributed by atoms with Gasteiger partial charge in [0.2, 0.25) is 0 Å². The van der Waals surface area contributed by atoms with E-state index < -0.39 is 11.8 Å². The number of amides is 2. The van der Waals surface area contributed by atoms with Crippen LogP contribution in [0, 0.1) is 0 Å². The average molecular weight is 809 g/mol. The molecule has 0 saturated heterocycles. The Bertz CT molecular complexity index is 2480. The first-order valence-electron chi connectivity index (χ1n) is 16.4. The molecule has 0 radical (unpaired) electrons. The molecule has 10 nitrogen and oxygen atoms in total. The minimum atomic E-state index is -0.531. The molecular formula is C40H29BrCl2N6O4. The van der Waals surface area contributed by atoms with Gasteiger partial charge in [-0.05, 0) is 87.1 Å². The number of carbonyl (C=O) groups excluding carboxylic acids is 2. The summed E-state index contributed by atoms with van der Waals surface area (Å²) in [7, 11) is 0. The molecule has 2 amide bonds. The van der Waals surface area contributed by atoms with Crippen LogP contribution in [0.3, 0.4) is 0 Å². The Labute approximate surface area is 322 Å². The van der Waals surface area contributed by atoms with E-state index in [-0.39, 0.29) is 41.4 Å². The van der Waals surface area contributed by atoms with Gasteiger partial charge in [-0.25, -0.2) is 9.97 Å². The van der Waals surface area contributed by atoms with Crippen molar-refractivity contribution in [1.82, 2.24) is 30.6 Å². The fraction of sp³-hybridized carbons (Fsp3) is 0.100. The zero-order valence-corrected chi connectivity index (χ0v) is 30.8. The molecule has 0 aliphatic heterocycles. The van der Waals surface area contributed by atoms with E-state index in [0.29, 0.717) is 36.5 Å². The minimum absolute atomic E-state index is 0.00292. The zero-order valence-electron chi connectivity index (χ0n) is 27.7. The van der Waals surface area contributed by atoms with Crippen LogP contribution in [-0.4, -0.2) is 42.0 Å². The van der Waals surface area contributed by atoms with Gasteiger partial charge in [0.05, 0.1) is 6.04 Å². The van der Waals surface area contributed by atoms with Crippen LogP contribution in [0.1, 0.15) is 61.6 Å². The third-order valence-corrected chi connectivity index (χ3v) is 9.88. The Balaban J connectivity index is 0.000000168. The number of pyridine rings is 4. The normalized spacial score (nSPS) is 14.6. The van der Waals surface area contributed by atoms with Gasteiger partial charge in [-0.2, -0.15) is 0 Å². The van der Waals surface area contributed by atoms with E-state index in [0.717, 1.165) is 17.5 Å². The minimum Gasteiger partial charge on any atom is -0.504 e. The van der Waals surface area contributed by atoms with Crippen LogP contribution in [0.5, 0.6) is 11.5 Å². The first kappa shape index (κ1) is 35.8. The number of halogens is 3. The Morgan fingerprint density at radius 3 is 2.17 bits per heavy atom. The van der Waals surface area contributed by atoms with Crippen molar-refractivity contribution in [3.05, 3.63) is 164 Å². The van der Waals surface area contributed by atoms with Crippen molar-refractivity contribution < 1.29 is 19.8 Å². The molecule has 4 N–H and O–H groups in total. The quantitative estimate of drug-likeness (QED) is 0.122. The fourth-order valence-electron chi connectivity index (χ4n) is 6.41. The van der Waals surface area contributed by atoms with E-state index in [1.54, 1.807) is 54.9 Å². The van der Waals surface area contributed by atoms with Crippen LogP contribution in [0.15, 0.2) is 120 Å². The summed E-state index contributed by atoms with van der Waals surface area (Å²) >= 11 is 15.1. The van der Waals surface area contributed by atoms with E-state index >= 15 is 0 Å². The lowest BCUT2D eigenvalue weighted by Gasteiger charge is -2.15. The molecule has 1 aliphatic carbocycles. The number of nitrogens with zero attached hydrogens (tertiary/aromatic N) is 4. The topological polar surface area (TPSA) is 150 Å². The number of carbonyl (C=O) groups is 2. The number of aromatic nitrogens is 4. The third-order valence-electron chi connectivity index (χ3n) is 8.84. The van der Waals surface area contributed by atoms with Crippen molar-refractivity contribution in [2.75, 3.05) is 0 Å². The zero-order chi connectivity index (χ0) is 37.1. The molecule has 264 valence electrons. The molecule has 0 fully saturated rings. The number of hydrogen-bond acceptors (Lipinski definition) is 8. The maximum Gasteiger partial charge on any atom is 0.274 e. The SMILES string of the molecule is O=C(NCc1cc(Cl)cc(Cl)c1)c1nc(Br)c2cccnc2c1O.O=C(N[C@@H]1C[C@H](c2ccccc2)c2ccccc21)c1ncc2cccnc2c1O. The van der Waals surface area contributed by atoms with Gasteiger partial charge in [0.1, 0.15) is 15.6 Å². The van der Waals surface area contributed by atoms with E-state index in [1.165, 1.54) is 17.3 Å². The summed E-state index contributed by atoms with van der Waals surface area (Å²) in [5.41, 5.74) is 4.86. The van der Waals surface area contributed by atoms with Crippen LogP contribution in [-0.2, 0) is 6.54 Å². The molecule has 0 unspecified atom stereocenters. The molecule has 4 heterocycles. The monoisotopic (exact) mass is 806 g/mol. The number of benzene rings is 3. The maximum absolute atomic E-state index is 13.0. The second kappa shape index (κ2) is 15.5. The number of hydrogen-bond donors (Lipinski definition) is 4. The van der Waals surface area contributed by atoms with E-state index in [1.807, 2.05) is 30.3 Å². The summed E-state index contributed by atoms with van der Waals surface area (Å²) in [6, 6.07) is 30.4. The van der Waals surface area contributed by atoms with Crippen molar-refractivity contribution in [2.45, 2.75) is 24.9 Å². The predicted octanol–water partition coefficient (Wildman–Crippen LogP) is 8.68. The highest BCUT2D eigenvalue weighted by atomic mass is 79.9. The molecule has 1 aliphatic rings. The van der Waals surface area contributed by atoms with Gasteiger partial charge < -0.3 is 20.8 Å². The van der Waals surface area contributed by atoms with Crippen LogP contribution in [0.2, 0.25) is 10.0 Å². The van der Waals surface area contributed by atoms with Crippen LogP contribution in [0.4, 0.5) is 0 Å². The van der Waals surface area contributed by atoms with Gasteiger partial charge in [0.25, 0.3) is 11.8 Å². The lowest BCUT2D eigenvalue weighted by Crippen LogP contribution is -2.28. The van der Waals surface area contributed by atoms with Crippen LogP contribution in [0.25, 0.3) is 21.8 Å². The molecule has 0 saturated carbocycles. The van der Waals surface area contributed by atoms with Crippen molar-refractivity contribution in [2.24, 2.45) is 0 Å². The summed E-state index contributed by atoms with van der Waals surface area (Å²) in [5, 5.41) is 28.8. The Hall–Kier alpha value is -5.62. The summed E-state index contributed by atoms with van der Waals surface area (Å²) < 4.78 is 0.430. The molecular weight excluding hydrogens is 779 g/mol. The van der Waals surface area contributed by atoms with Gasteiger partial charge in [-0.15, -0.1) is 0 Å². The fourth-order valence-corrected chi connectivity index (χ4v) is 7.48. The van der Waals surface area contributed by atoms with Gasteiger partial charge in [-0.3, -0.25) is 19.6 Å². The molecule has 0 spiro atoms. The molecule has 3 aromatic carbocycles. The highest BCUT2D eigenvalue weighted by Crippen LogP contribution is 2.44. The number of fused-ring (bicyclic) bond motifs is 3. The summed E-state index contributed by atoms with van der Waals surface area (Å²) in [5.74, 6) is -1.17. The van der Waals surface area contributed by atoms with Crippen LogP contribution >= 0.6 is 39.1 Å². The largest absolute Gasteiger partial charge is 0.504 e. The maximum atomic E-state index is 13.0. The number of rotatable bonds is 6. The molecule has 13 heteroatoms. The van der Waals surface area contributed by atoms with Crippen molar-refractivity contribution in [3.8, 4) is 11.5 Å². The highest BCUT2D eigenvalue weighted by molar-refractivity contribution is 9.10. The van der Waals surface area contributed by atoms with Crippen molar-refractivity contribution in [3.63, 3.8) is 0 Å². The smallest absolute Gasteiger partial charge is 0.274 e. The first-order chi connectivity index (χ1) is 25.7. The van der Waals surface area contributed by atoms with Crippen molar-refractivity contribution in [1.29, 1.82) is 0 Å². The summed E-state index contributed by atoms with van der Waals surface area (Å²) in [6.07, 6.45) is 5.44. The molecule has 8 rings (SSSR count). The Morgan fingerprint density at radius 1 is 0.755 bits per heavy atom. The van der Waals surface area contributed by atoms with Gasteiger partial charge in [0, 0.05) is 51.9 Å². The average Bonchev–Trinajstić information content (AvgIpc) is 3.54. The standard InChI is InChI=1S/C24H19N3O2.C16H10BrCl2N3O2/c28-23-21-16(9-6-12-25-21)14-26-22(23)24(29)27-20-13-19(15-7-2-1-3-8-15)17-10-4-5-11-18(17)20;17-15-11-2-1-3-20-12(11)14(23)13(22-15)16(24)21-7-8-4-9(18)6-10(19)5-8/h1-12,14,19-20,28H,13H2,(H,27,29);1-6,23H,7H2,(H,21,24)/t19-,20-;/m1./s1. The second-order valence-corrected chi connectivity index (χ2v) is 13.8. The second-order valence-electron chi connectivity index (χ2n) is 12.2. The van der Waals surface area contributed by atoms with E-state index in [9.17, 15) is 19.8 Å². The Morgan fingerprint density at radius 2 is 1.42 bits per heavy atom. The van der Waals surface area contributed by atoms with Gasteiger partial charge >= 0.3 is 0 Å². The molecule has 53 heavy (non-hydrogen) atoms. The molecule has 0 bridgehead atoms. The van der Waals surface area contributed by atoms with Crippen molar-refractivity contribution >= 4 is 72.8 Å². The van der Waals surface area contributed by atoms with E-state index in [2.05, 4.69) is 70.8 Å². The van der Waals surface area contributed by atoms with Crippen LogP contribution < -0.4 is 10.6 Å². The lowest BCUT2D eigenvalue weighted by molar-refractivity contribution is 0.0924. The summed E-state index contributed by atoms with van der Waals surface area (Å²) in [6.45, 7) is 0.193. The highest BCUT2D eigenvalue weighted by Gasteiger charge is 2.33. The molecule has 2 atom stereocenters. The number of nitrogens with one attached hydrogen (secondary N) is 2. The first-order valence-corrected chi connectivity index (χ1v) is 18.0. The lowest BCUT2D eigenvalue weighted by atomic mass is 9.93. The molecule has 7 aromatic rings. The third kappa shape index (κ3) is 7.64. The Kier molecular flexibility index (Phi) is 10.5.